The van der Waals surface area contributed by atoms with E-state index in [9.17, 15) is 4.79 Å². The van der Waals surface area contributed by atoms with Gasteiger partial charge in [-0.05, 0) is 37.6 Å². The Balaban J connectivity index is 1.34. The smallest absolute Gasteiger partial charge is 0.259 e. The lowest BCUT2D eigenvalue weighted by molar-refractivity contribution is -0.00203. The summed E-state index contributed by atoms with van der Waals surface area (Å²) in [6, 6.07) is 7.72. The first-order chi connectivity index (χ1) is 17.2. The van der Waals surface area contributed by atoms with Crippen LogP contribution >= 0.6 is 0 Å². The summed E-state index contributed by atoms with van der Waals surface area (Å²) in [5, 5.41) is 2.92. The molecule has 0 aliphatic carbocycles. The van der Waals surface area contributed by atoms with Gasteiger partial charge in [-0.15, -0.1) is 0 Å². The number of amidine groups is 1. The minimum atomic E-state index is -0.282. The Morgan fingerprint density at radius 1 is 1.29 bits per heavy atom. The summed E-state index contributed by atoms with van der Waals surface area (Å²) < 4.78 is 17.4. The van der Waals surface area contributed by atoms with Crippen molar-refractivity contribution in [2.24, 2.45) is 9.98 Å². The largest absolute Gasteiger partial charge is 0.491 e. The molecule has 4 heterocycles. The van der Waals surface area contributed by atoms with Gasteiger partial charge < -0.3 is 14.2 Å². The predicted molar refractivity (Wildman–Crippen MR) is 132 cm³/mol. The molecular formula is C25H30N6O4. The van der Waals surface area contributed by atoms with E-state index < -0.39 is 0 Å². The van der Waals surface area contributed by atoms with Gasteiger partial charge in [-0.25, -0.2) is 4.99 Å². The molecule has 0 spiro atoms. The van der Waals surface area contributed by atoms with Crippen LogP contribution in [0.3, 0.4) is 0 Å². The number of methoxy groups -OCH3 is 1. The van der Waals surface area contributed by atoms with Gasteiger partial charge in [0.05, 0.1) is 39.0 Å². The molecule has 1 aromatic carbocycles. The molecule has 1 fully saturated rings. The van der Waals surface area contributed by atoms with E-state index in [0.717, 1.165) is 44.1 Å². The minimum Gasteiger partial charge on any atom is -0.491 e. The SMILES string of the molecule is COc1c(OCCCN2CCOC[C@@H]2C)ccc2c1N=C(NC(=O)c1cccnc1)N1CCN=C21. The number of aliphatic imine (C=N–C) groups is 2. The number of pyridine rings is 1. The van der Waals surface area contributed by atoms with E-state index in [2.05, 4.69) is 27.1 Å². The Morgan fingerprint density at radius 3 is 3.00 bits per heavy atom. The van der Waals surface area contributed by atoms with Crippen LogP contribution in [-0.4, -0.2) is 91.6 Å². The highest BCUT2D eigenvalue weighted by atomic mass is 16.5. The molecule has 1 aromatic heterocycles. The van der Waals surface area contributed by atoms with E-state index in [-0.39, 0.29) is 5.91 Å². The van der Waals surface area contributed by atoms with Gasteiger partial charge in [0.2, 0.25) is 5.96 Å². The minimum absolute atomic E-state index is 0.282. The van der Waals surface area contributed by atoms with Gasteiger partial charge in [0.25, 0.3) is 5.91 Å². The lowest BCUT2D eigenvalue weighted by Crippen LogP contribution is -2.47. The Labute approximate surface area is 204 Å². The van der Waals surface area contributed by atoms with Crippen LogP contribution in [0.15, 0.2) is 46.6 Å². The number of nitrogens with one attached hydrogen (secondary N) is 1. The van der Waals surface area contributed by atoms with Gasteiger partial charge in [0, 0.05) is 43.6 Å². The molecule has 1 amide bonds. The summed E-state index contributed by atoms with van der Waals surface area (Å²) in [7, 11) is 1.60. The fourth-order valence-corrected chi connectivity index (χ4v) is 4.51. The first-order valence-electron chi connectivity index (χ1n) is 11.9. The predicted octanol–water partition coefficient (Wildman–Crippen LogP) is 2.07. The summed E-state index contributed by atoms with van der Waals surface area (Å²) in [4.78, 5) is 30.6. The molecular weight excluding hydrogens is 448 g/mol. The standard InChI is InChI=1S/C25H30N6O4/c1-17-16-34-14-12-30(17)10-4-13-35-20-7-6-19-21(22(20)33-2)28-25(31-11-9-27-23(19)31)29-24(32)18-5-3-8-26-15-18/h3,5-8,15,17H,4,9-14,16H2,1-2H3,(H,28,29,32)/t17-/m0/s1. The van der Waals surface area contributed by atoms with E-state index in [1.54, 1.807) is 25.4 Å². The van der Waals surface area contributed by atoms with Gasteiger partial charge in [-0.2, -0.15) is 0 Å². The molecule has 10 nitrogen and oxygen atoms in total. The van der Waals surface area contributed by atoms with Gasteiger partial charge in [-0.1, -0.05) is 0 Å². The Morgan fingerprint density at radius 2 is 2.20 bits per heavy atom. The zero-order chi connectivity index (χ0) is 24.2. The first-order valence-corrected chi connectivity index (χ1v) is 11.9. The maximum Gasteiger partial charge on any atom is 0.259 e. The molecule has 10 heteroatoms. The van der Waals surface area contributed by atoms with Crippen molar-refractivity contribution in [3.8, 4) is 11.5 Å². The van der Waals surface area contributed by atoms with Gasteiger partial charge >= 0.3 is 0 Å². The van der Waals surface area contributed by atoms with Crippen LogP contribution in [0.1, 0.15) is 29.3 Å². The number of benzene rings is 1. The van der Waals surface area contributed by atoms with Crippen LogP contribution in [-0.2, 0) is 4.74 Å². The number of fused-ring (bicyclic) bond motifs is 3. The normalized spacial score (nSPS) is 19.4. The lowest BCUT2D eigenvalue weighted by atomic mass is 10.1. The van der Waals surface area contributed by atoms with Crippen LogP contribution in [0.5, 0.6) is 11.5 Å². The highest BCUT2D eigenvalue weighted by molar-refractivity contribution is 6.20. The van der Waals surface area contributed by atoms with E-state index in [1.807, 2.05) is 17.0 Å². The number of morpholine rings is 1. The molecule has 1 saturated heterocycles. The highest BCUT2D eigenvalue weighted by Gasteiger charge is 2.33. The van der Waals surface area contributed by atoms with Crippen molar-refractivity contribution < 1.29 is 19.0 Å². The number of rotatable bonds is 7. The first kappa shape index (κ1) is 23.3. The molecule has 2 aromatic rings. The maximum atomic E-state index is 12.8. The fourth-order valence-electron chi connectivity index (χ4n) is 4.51. The molecule has 0 unspecified atom stereocenters. The number of nitrogens with zero attached hydrogens (tertiary/aromatic N) is 5. The third-order valence-corrected chi connectivity index (χ3v) is 6.36. The van der Waals surface area contributed by atoms with E-state index in [1.165, 1.54) is 6.20 Å². The second kappa shape index (κ2) is 10.4. The monoisotopic (exact) mass is 478 g/mol. The molecule has 3 aliphatic rings. The summed E-state index contributed by atoms with van der Waals surface area (Å²) >= 11 is 0. The van der Waals surface area contributed by atoms with Crippen molar-refractivity contribution in [1.29, 1.82) is 0 Å². The molecule has 3 aliphatic heterocycles. The van der Waals surface area contributed by atoms with Crippen molar-refractivity contribution in [2.45, 2.75) is 19.4 Å². The molecule has 1 N–H and O–H groups in total. The summed E-state index contributed by atoms with van der Waals surface area (Å²) in [5.41, 5.74) is 1.91. The van der Waals surface area contributed by atoms with Crippen LogP contribution < -0.4 is 14.8 Å². The third-order valence-electron chi connectivity index (χ3n) is 6.36. The molecule has 35 heavy (non-hydrogen) atoms. The summed E-state index contributed by atoms with van der Waals surface area (Å²) in [6.07, 6.45) is 4.04. The molecule has 184 valence electrons. The second-order valence-electron chi connectivity index (χ2n) is 8.64. The average molecular weight is 479 g/mol. The maximum absolute atomic E-state index is 12.8. The van der Waals surface area contributed by atoms with Crippen LogP contribution in [0.4, 0.5) is 5.69 Å². The average Bonchev–Trinajstić information content (AvgIpc) is 3.38. The number of hydrogen-bond acceptors (Lipinski definition) is 9. The summed E-state index contributed by atoms with van der Waals surface area (Å²) in [6.45, 7) is 7.46. The zero-order valence-electron chi connectivity index (χ0n) is 20.1. The van der Waals surface area contributed by atoms with Crippen molar-refractivity contribution in [3.63, 3.8) is 0 Å². The van der Waals surface area contributed by atoms with E-state index in [4.69, 9.17) is 19.2 Å². The number of guanidine groups is 1. The number of carbonyl (C=O) groups is 1. The van der Waals surface area contributed by atoms with Crippen LogP contribution in [0.2, 0.25) is 0 Å². The van der Waals surface area contributed by atoms with Crippen molar-refractivity contribution in [3.05, 3.63) is 47.8 Å². The molecule has 0 radical (unpaired) electrons. The van der Waals surface area contributed by atoms with Crippen molar-refractivity contribution >= 4 is 23.4 Å². The number of carbonyl (C=O) groups excluding carboxylic acids is 1. The number of ether oxygens (including phenoxy) is 3. The van der Waals surface area contributed by atoms with E-state index in [0.29, 0.717) is 54.4 Å². The summed E-state index contributed by atoms with van der Waals surface area (Å²) in [5.74, 6) is 2.05. The quantitative estimate of drug-likeness (QED) is 0.608. The van der Waals surface area contributed by atoms with Crippen molar-refractivity contribution in [2.75, 3.05) is 53.1 Å². The van der Waals surface area contributed by atoms with Gasteiger partial charge in [-0.3, -0.25) is 29.9 Å². The van der Waals surface area contributed by atoms with Crippen LogP contribution in [0, 0.1) is 0 Å². The van der Waals surface area contributed by atoms with Gasteiger partial charge in [0.1, 0.15) is 11.5 Å². The number of hydrogen-bond donors (Lipinski definition) is 1. The van der Waals surface area contributed by atoms with Crippen LogP contribution in [0.25, 0.3) is 0 Å². The van der Waals surface area contributed by atoms with Gasteiger partial charge in [0.15, 0.2) is 11.5 Å². The zero-order valence-corrected chi connectivity index (χ0v) is 20.1. The second-order valence-corrected chi connectivity index (χ2v) is 8.64. The topological polar surface area (TPSA) is 101 Å². The van der Waals surface area contributed by atoms with E-state index >= 15 is 0 Å². The number of amides is 1. The Kier molecular flexibility index (Phi) is 6.91. The number of aromatic nitrogens is 1. The van der Waals surface area contributed by atoms with Crippen molar-refractivity contribution in [1.82, 2.24) is 20.1 Å². The molecule has 1 atom stereocenters. The fraction of sp³-hybridized carbons (Fsp3) is 0.440. The Bertz CT molecular complexity index is 1140. The molecule has 0 bridgehead atoms. The molecule has 0 saturated carbocycles. The Hall–Kier alpha value is -3.50. The third kappa shape index (κ3) is 4.85. The molecule has 5 rings (SSSR count). The lowest BCUT2D eigenvalue weighted by Gasteiger charge is -2.33. The highest BCUT2D eigenvalue weighted by Crippen LogP contribution is 2.43.